The molecule has 0 aromatic heterocycles. The van der Waals surface area contributed by atoms with E-state index in [0.29, 0.717) is 31.9 Å². The van der Waals surface area contributed by atoms with Gasteiger partial charge in [0.15, 0.2) is 0 Å². The van der Waals surface area contributed by atoms with Crippen LogP contribution in [0.1, 0.15) is 25.0 Å². The fourth-order valence-electron chi connectivity index (χ4n) is 1.95. The molecule has 0 bridgehead atoms. The molecule has 1 aliphatic heterocycles. The fraction of sp³-hybridized carbons (Fsp3) is 0.571. The Balaban J connectivity index is 0.000000861. The highest BCUT2D eigenvalue weighted by molar-refractivity contribution is 5.27. The van der Waals surface area contributed by atoms with Gasteiger partial charge in [0.2, 0.25) is 0 Å². The third-order valence-electron chi connectivity index (χ3n) is 3.01. The predicted molar refractivity (Wildman–Crippen MR) is 71.0 cm³/mol. The molecule has 0 amide bonds. The van der Waals surface area contributed by atoms with Crippen molar-refractivity contribution in [3.63, 3.8) is 0 Å². The van der Waals surface area contributed by atoms with Crippen molar-refractivity contribution in [2.45, 2.75) is 26.7 Å². The third kappa shape index (κ3) is 3.51. The van der Waals surface area contributed by atoms with Crippen molar-refractivity contribution in [3.05, 3.63) is 35.1 Å². The van der Waals surface area contributed by atoms with E-state index in [1.165, 1.54) is 11.0 Å². The first-order valence-electron chi connectivity index (χ1n) is 6.56. The Kier molecular flexibility index (Phi) is 5.87. The number of aliphatic hydroxyl groups is 2. The van der Waals surface area contributed by atoms with Crippen LogP contribution in [0.3, 0.4) is 0 Å². The number of ether oxygens (including phenoxy) is 1. The topological polar surface area (TPSA) is 52.9 Å². The van der Waals surface area contributed by atoms with Crippen molar-refractivity contribution < 1.29 is 19.3 Å². The van der Waals surface area contributed by atoms with Crippen molar-refractivity contribution in [2.24, 2.45) is 0 Å². The summed E-state index contributed by atoms with van der Waals surface area (Å²) in [6.07, 6.45) is 0. The minimum atomic E-state index is -2.28. The Labute approximate surface area is 113 Å². The van der Waals surface area contributed by atoms with Crippen molar-refractivity contribution in [2.75, 3.05) is 26.3 Å². The van der Waals surface area contributed by atoms with Gasteiger partial charge in [-0.05, 0) is 18.6 Å². The summed E-state index contributed by atoms with van der Waals surface area (Å²) in [5, 5.41) is 20.2. The van der Waals surface area contributed by atoms with Gasteiger partial charge < -0.3 is 14.9 Å². The molecule has 1 heterocycles. The molecule has 0 saturated carbocycles. The summed E-state index contributed by atoms with van der Waals surface area (Å²) in [5.74, 6) is -2.86. The van der Waals surface area contributed by atoms with Crippen LogP contribution in [0, 0.1) is 12.7 Å². The highest BCUT2D eigenvalue weighted by Crippen LogP contribution is 2.27. The molecular weight excluding hydrogens is 249 g/mol. The predicted octanol–water partition coefficient (Wildman–Crippen LogP) is 1.59. The second-order valence-corrected chi connectivity index (χ2v) is 4.17. The lowest BCUT2D eigenvalue weighted by Gasteiger charge is -2.37. The molecular formula is C14H22FNO3. The zero-order valence-electron chi connectivity index (χ0n) is 11.7. The Hall–Kier alpha value is -1.01. The van der Waals surface area contributed by atoms with Crippen LogP contribution in [0.5, 0.6) is 0 Å². The van der Waals surface area contributed by atoms with E-state index in [4.69, 9.17) is 4.74 Å². The molecule has 0 unspecified atom stereocenters. The van der Waals surface area contributed by atoms with E-state index < -0.39 is 11.7 Å². The minimum absolute atomic E-state index is 0.112. The number of hydrogen-bond acceptors (Lipinski definition) is 4. The molecule has 19 heavy (non-hydrogen) atoms. The standard InChI is InChI=1S/C12H16FNO3.C2H6/c1-9-3-2-4-10(11(9)13)12(15,16)14-5-7-17-8-6-14;1-2/h2-4,15-16H,5-8H2,1H3;1-2H3. The zero-order valence-corrected chi connectivity index (χ0v) is 11.7. The summed E-state index contributed by atoms with van der Waals surface area (Å²) in [7, 11) is 0. The van der Waals surface area contributed by atoms with Crippen LogP contribution in [0.2, 0.25) is 0 Å². The number of morpholine rings is 1. The summed E-state index contributed by atoms with van der Waals surface area (Å²) in [4.78, 5) is 1.40. The molecule has 1 aliphatic rings. The second kappa shape index (κ2) is 6.96. The van der Waals surface area contributed by atoms with Gasteiger partial charge in [0.05, 0.1) is 18.8 Å². The molecule has 5 heteroatoms. The van der Waals surface area contributed by atoms with Crippen LogP contribution < -0.4 is 0 Å². The SMILES string of the molecule is CC.Cc1cccc(C(O)(O)N2CCOCC2)c1F. The molecule has 108 valence electrons. The van der Waals surface area contributed by atoms with Crippen LogP contribution in [0.25, 0.3) is 0 Å². The monoisotopic (exact) mass is 271 g/mol. The molecule has 2 rings (SSSR count). The normalized spacial score (nSPS) is 16.7. The van der Waals surface area contributed by atoms with Gasteiger partial charge >= 0.3 is 0 Å². The Morgan fingerprint density at radius 2 is 1.79 bits per heavy atom. The maximum atomic E-state index is 13.9. The van der Waals surface area contributed by atoms with Crippen molar-refractivity contribution in [3.8, 4) is 0 Å². The largest absolute Gasteiger partial charge is 0.379 e. The van der Waals surface area contributed by atoms with Gasteiger partial charge in [-0.25, -0.2) is 9.29 Å². The average molecular weight is 271 g/mol. The summed E-state index contributed by atoms with van der Waals surface area (Å²) < 4.78 is 19.0. The molecule has 0 aliphatic carbocycles. The highest BCUT2D eigenvalue weighted by Gasteiger charge is 2.37. The van der Waals surface area contributed by atoms with Gasteiger partial charge in [-0.1, -0.05) is 26.0 Å². The fourth-order valence-corrected chi connectivity index (χ4v) is 1.95. The lowest BCUT2D eigenvalue weighted by Crippen LogP contribution is -2.51. The molecule has 0 spiro atoms. The molecule has 0 radical (unpaired) electrons. The van der Waals surface area contributed by atoms with E-state index in [1.54, 1.807) is 19.1 Å². The smallest absolute Gasteiger partial charge is 0.256 e. The summed E-state index contributed by atoms with van der Waals surface area (Å²) >= 11 is 0. The Bertz CT molecular complexity index is 404. The molecule has 1 fully saturated rings. The number of rotatable bonds is 2. The lowest BCUT2D eigenvalue weighted by molar-refractivity contribution is -0.288. The maximum absolute atomic E-state index is 13.9. The quantitative estimate of drug-likeness (QED) is 0.802. The minimum Gasteiger partial charge on any atom is -0.379 e. The van der Waals surface area contributed by atoms with Gasteiger partial charge in [0.25, 0.3) is 5.91 Å². The molecule has 1 aromatic rings. The average Bonchev–Trinajstić information content (AvgIpc) is 2.45. The first-order valence-corrected chi connectivity index (χ1v) is 6.56. The lowest BCUT2D eigenvalue weighted by atomic mass is 10.1. The van der Waals surface area contributed by atoms with Crippen LogP contribution in [0.4, 0.5) is 4.39 Å². The Morgan fingerprint density at radius 1 is 1.21 bits per heavy atom. The van der Waals surface area contributed by atoms with Gasteiger partial charge in [0, 0.05) is 13.1 Å². The summed E-state index contributed by atoms with van der Waals surface area (Å²) in [6.45, 7) is 7.14. The first-order chi connectivity index (χ1) is 9.03. The van der Waals surface area contributed by atoms with Crippen LogP contribution in [0.15, 0.2) is 18.2 Å². The van der Waals surface area contributed by atoms with E-state index >= 15 is 0 Å². The van der Waals surface area contributed by atoms with Crippen molar-refractivity contribution in [1.82, 2.24) is 4.90 Å². The zero-order chi connectivity index (χ0) is 14.5. The number of nitrogens with zero attached hydrogens (tertiary/aromatic N) is 1. The third-order valence-corrected chi connectivity index (χ3v) is 3.01. The van der Waals surface area contributed by atoms with E-state index in [-0.39, 0.29) is 5.56 Å². The molecule has 1 aromatic carbocycles. The number of benzene rings is 1. The number of aryl methyl sites for hydroxylation is 1. The highest BCUT2D eigenvalue weighted by atomic mass is 19.1. The molecule has 0 atom stereocenters. The maximum Gasteiger partial charge on any atom is 0.256 e. The van der Waals surface area contributed by atoms with E-state index in [0.717, 1.165) is 0 Å². The Morgan fingerprint density at radius 3 is 2.37 bits per heavy atom. The summed E-state index contributed by atoms with van der Waals surface area (Å²) in [5.41, 5.74) is 0.280. The van der Waals surface area contributed by atoms with Crippen LogP contribution >= 0.6 is 0 Å². The van der Waals surface area contributed by atoms with Crippen LogP contribution in [-0.4, -0.2) is 41.4 Å². The van der Waals surface area contributed by atoms with E-state index in [9.17, 15) is 14.6 Å². The van der Waals surface area contributed by atoms with Crippen molar-refractivity contribution in [1.29, 1.82) is 0 Å². The van der Waals surface area contributed by atoms with Crippen LogP contribution in [-0.2, 0) is 10.6 Å². The number of hydrogen-bond donors (Lipinski definition) is 2. The molecule has 1 saturated heterocycles. The van der Waals surface area contributed by atoms with E-state index in [2.05, 4.69) is 0 Å². The van der Waals surface area contributed by atoms with Gasteiger partial charge in [-0.3, -0.25) is 0 Å². The van der Waals surface area contributed by atoms with Gasteiger partial charge in [-0.2, -0.15) is 0 Å². The van der Waals surface area contributed by atoms with E-state index in [1.807, 2.05) is 13.8 Å². The number of halogens is 1. The first kappa shape index (κ1) is 16.0. The van der Waals surface area contributed by atoms with Gasteiger partial charge in [0.1, 0.15) is 5.82 Å². The molecule has 2 N–H and O–H groups in total. The second-order valence-electron chi connectivity index (χ2n) is 4.17. The summed E-state index contributed by atoms with van der Waals surface area (Å²) in [6, 6.07) is 4.58. The molecule has 4 nitrogen and oxygen atoms in total. The van der Waals surface area contributed by atoms with Crippen molar-refractivity contribution >= 4 is 0 Å². The van der Waals surface area contributed by atoms with Gasteiger partial charge in [-0.15, -0.1) is 0 Å².